The van der Waals surface area contributed by atoms with E-state index in [9.17, 15) is 4.21 Å². The van der Waals surface area contributed by atoms with Gasteiger partial charge in [0.05, 0.1) is 21.0 Å². The molecule has 1 heterocycles. The van der Waals surface area contributed by atoms with E-state index in [0.717, 1.165) is 17.8 Å². The van der Waals surface area contributed by atoms with Crippen molar-refractivity contribution in [3.63, 3.8) is 0 Å². The van der Waals surface area contributed by atoms with Gasteiger partial charge in [-0.2, -0.15) is 5.10 Å². The second-order valence-corrected chi connectivity index (χ2v) is 6.96. The lowest BCUT2D eigenvalue weighted by Gasteiger charge is -2.11. The largest absolute Gasteiger partial charge is 0.262 e. The lowest BCUT2D eigenvalue weighted by Crippen LogP contribution is -2.06. The van der Waals surface area contributed by atoms with E-state index in [2.05, 4.69) is 15.2 Å². The van der Waals surface area contributed by atoms with Gasteiger partial charge in [-0.1, -0.05) is 36.2 Å². The molecule has 0 saturated carbocycles. The number of nitrogens with zero attached hydrogens (tertiary/aromatic N) is 2. The van der Waals surface area contributed by atoms with Crippen LogP contribution in [0.4, 0.5) is 0 Å². The van der Waals surface area contributed by atoms with Crippen LogP contribution >= 0.6 is 23.2 Å². The van der Waals surface area contributed by atoms with Gasteiger partial charge in [0, 0.05) is 17.2 Å². The summed E-state index contributed by atoms with van der Waals surface area (Å²) in [7, 11) is -1.11. The Labute approximate surface area is 130 Å². The summed E-state index contributed by atoms with van der Waals surface area (Å²) in [6.07, 6.45) is 0.755. The number of benzene rings is 1. The van der Waals surface area contributed by atoms with Gasteiger partial charge in [0.15, 0.2) is 0 Å². The minimum absolute atomic E-state index is 0.153. The number of H-pyrrole nitrogens is 1. The van der Waals surface area contributed by atoms with Gasteiger partial charge in [0.25, 0.3) is 0 Å². The maximum absolute atomic E-state index is 12.4. The molecule has 0 saturated heterocycles. The first kappa shape index (κ1) is 15.5. The third-order valence-electron chi connectivity index (χ3n) is 2.98. The van der Waals surface area contributed by atoms with Gasteiger partial charge in [-0.05, 0) is 24.6 Å². The Kier molecular flexibility index (Phi) is 5.18. The summed E-state index contributed by atoms with van der Waals surface area (Å²) in [6, 6.07) is 5.31. The van der Waals surface area contributed by atoms with E-state index in [1.807, 2.05) is 19.9 Å². The molecule has 108 valence electrons. The summed E-state index contributed by atoms with van der Waals surface area (Å²) in [5.74, 6) is 1.72. The van der Waals surface area contributed by atoms with Crippen LogP contribution in [0.1, 0.15) is 36.3 Å². The van der Waals surface area contributed by atoms with Gasteiger partial charge >= 0.3 is 0 Å². The Balaban J connectivity index is 2.09. The molecular formula is C13H15Cl2N3OS. The standard InChI is InChI=1S/C13H15Cl2N3OS/c1-3-12-16-13(18-17-12)7-20(19)8(2)9-4-5-10(14)11(15)6-9/h4-6,8H,3,7H2,1-2H3,(H,16,17,18)/t8-,20+/m1/s1. The monoisotopic (exact) mass is 331 g/mol. The Morgan fingerprint density at radius 2 is 2.10 bits per heavy atom. The Morgan fingerprint density at radius 3 is 2.70 bits per heavy atom. The van der Waals surface area contributed by atoms with Crippen LogP contribution in [-0.4, -0.2) is 19.4 Å². The van der Waals surface area contributed by atoms with Crippen LogP contribution in [0.3, 0.4) is 0 Å². The van der Waals surface area contributed by atoms with Crippen molar-refractivity contribution in [3.05, 3.63) is 45.5 Å². The molecule has 4 nitrogen and oxygen atoms in total. The molecule has 0 fully saturated rings. The summed E-state index contributed by atoms with van der Waals surface area (Å²) in [5.41, 5.74) is 0.896. The molecule has 0 bridgehead atoms. The quantitative estimate of drug-likeness (QED) is 0.908. The van der Waals surface area contributed by atoms with E-state index in [0.29, 0.717) is 21.6 Å². The molecule has 0 unspecified atom stereocenters. The van der Waals surface area contributed by atoms with Crippen molar-refractivity contribution < 1.29 is 4.21 Å². The van der Waals surface area contributed by atoms with Crippen LogP contribution in [-0.2, 0) is 23.0 Å². The predicted octanol–water partition coefficient (Wildman–Crippen LogP) is 3.68. The smallest absolute Gasteiger partial charge is 0.150 e. The van der Waals surface area contributed by atoms with E-state index >= 15 is 0 Å². The Bertz CT molecular complexity index is 630. The lowest BCUT2D eigenvalue weighted by atomic mass is 10.2. The number of nitrogens with one attached hydrogen (secondary N) is 1. The van der Waals surface area contributed by atoms with Crippen molar-refractivity contribution in [2.24, 2.45) is 0 Å². The van der Waals surface area contributed by atoms with Crippen LogP contribution in [0.2, 0.25) is 10.0 Å². The second-order valence-electron chi connectivity index (χ2n) is 4.39. The zero-order valence-corrected chi connectivity index (χ0v) is 13.5. The molecule has 0 spiro atoms. The predicted molar refractivity (Wildman–Crippen MR) is 82.5 cm³/mol. The minimum atomic E-state index is -1.11. The first-order chi connectivity index (χ1) is 9.51. The Morgan fingerprint density at radius 1 is 1.35 bits per heavy atom. The van der Waals surface area contributed by atoms with Gasteiger partial charge < -0.3 is 0 Å². The lowest BCUT2D eigenvalue weighted by molar-refractivity contribution is 0.674. The molecule has 2 aromatic rings. The van der Waals surface area contributed by atoms with Crippen molar-refractivity contribution in [3.8, 4) is 0 Å². The highest BCUT2D eigenvalue weighted by Crippen LogP contribution is 2.28. The second kappa shape index (κ2) is 6.70. The van der Waals surface area contributed by atoms with Crippen LogP contribution in [0.15, 0.2) is 18.2 Å². The molecular weight excluding hydrogens is 317 g/mol. The van der Waals surface area contributed by atoms with Gasteiger partial charge in [-0.25, -0.2) is 4.98 Å². The summed E-state index contributed by atoms with van der Waals surface area (Å²) < 4.78 is 12.4. The highest BCUT2D eigenvalue weighted by Gasteiger charge is 2.17. The normalized spacial score (nSPS) is 14.2. The topological polar surface area (TPSA) is 58.6 Å². The van der Waals surface area contributed by atoms with Crippen molar-refractivity contribution in [2.45, 2.75) is 31.3 Å². The average molecular weight is 332 g/mol. The molecule has 0 aliphatic carbocycles. The molecule has 1 aromatic heterocycles. The van der Waals surface area contributed by atoms with Crippen LogP contribution in [0.25, 0.3) is 0 Å². The summed E-state index contributed by atoms with van der Waals surface area (Å²) >= 11 is 11.9. The third kappa shape index (κ3) is 3.59. The van der Waals surface area contributed by atoms with E-state index in [-0.39, 0.29) is 5.25 Å². The highest BCUT2D eigenvalue weighted by molar-refractivity contribution is 7.84. The molecule has 2 atom stereocenters. The van der Waals surface area contributed by atoms with Crippen LogP contribution < -0.4 is 0 Å². The van der Waals surface area contributed by atoms with E-state index in [1.165, 1.54) is 0 Å². The SMILES string of the molecule is CCc1n[nH]c(C[S@](=O)[C@H](C)c2ccc(Cl)c(Cl)c2)n1. The van der Waals surface area contributed by atoms with Gasteiger partial charge in [0.1, 0.15) is 11.6 Å². The molecule has 0 radical (unpaired) electrons. The number of rotatable bonds is 5. The molecule has 0 aliphatic rings. The molecule has 0 amide bonds. The zero-order chi connectivity index (χ0) is 14.7. The van der Waals surface area contributed by atoms with Gasteiger partial charge in [-0.3, -0.25) is 9.31 Å². The molecule has 7 heteroatoms. The maximum Gasteiger partial charge on any atom is 0.150 e. The first-order valence-corrected chi connectivity index (χ1v) is 8.37. The third-order valence-corrected chi connectivity index (χ3v) is 5.34. The number of aryl methyl sites for hydroxylation is 1. The fourth-order valence-electron chi connectivity index (χ4n) is 1.73. The number of hydrogen-bond donors (Lipinski definition) is 1. The molecule has 1 N–H and O–H groups in total. The highest BCUT2D eigenvalue weighted by atomic mass is 35.5. The van der Waals surface area contributed by atoms with E-state index < -0.39 is 10.8 Å². The minimum Gasteiger partial charge on any atom is -0.262 e. The molecule has 1 aromatic carbocycles. The van der Waals surface area contributed by atoms with Crippen LogP contribution in [0.5, 0.6) is 0 Å². The molecule has 20 heavy (non-hydrogen) atoms. The van der Waals surface area contributed by atoms with Crippen molar-refractivity contribution in [1.82, 2.24) is 15.2 Å². The van der Waals surface area contributed by atoms with Gasteiger partial charge in [-0.15, -0.1) is 0 Å². The van der Waals surface area contributed by atoms with Crippen molar-refractivity contribution >= 4 is 34.0 Å². The van der Waals surface area contributed by atoms with Crippen molar-refractivity contribution in [1.29, 1.82) is 0 Å². The number of aromatic nitrogens is 3. The average Bonchev–Trinajstić information content (AvgIpc) is 2.88. The van der Waals surface area contributed by atoms with Gasteiger partial charge in [0.2, 0.25) is 0 Å². The summed E-state index contributed by atoms with van der Waals surface area (Å²) in [6.45, 7) is 3.87. The first-order valence-electron chi connectivity index (χ1n) is 6.23. The number of aromatic amines is 1. The summed E-state index contributed by atoms with van der Waals surface area (Å²) in [5, 5.41) is 7.67. The number of hydrogen-bond acceptors (Lipinski definition) is 3. The summed E-state index contributed by atoms with van der Waals surface area (Å²) in [4.78, 5) is 4.27. The zero-order valence-electron chi connectivity index (χ0n) is 11.2. The Hall–Kier alpha value is -0.910. The number of halogens is 2. The fraction of sp³-hybridized carbons (Fsp3) is 0.385. The van der Waals surface area contributed by atoms with E-state index in [4.69, 9.17) is 23.2 Å². The molecule has 2 rings (SSSR count). The maximum atomic E-state index is 12.4. The van der Waals surface area contributed by atoms with Crippen LogP contribution in [0, 0.1) is 0 Å². The molecule has 0 aliphatic heterocycles. The fourth-order valence-corrected chi connectivity index (χ4v) is 3.14. The van der Waals surface area contributed by atoms with E-state index in [1.54, 1.807) is 12.1 Å². The van der Waals surface area contributed by atoms with Crippen molar-refractivity contribution in [2.75, 3.05) is 0 Å².